The predicted molar refractivity (Wildman–Crippen MR) is 185 cm³/mol. The first-order valence-corrected chi connectivity index (χ1v) is 16.4. The Labute approximate surface area is 272 Å². The van der Waals surface area contributed by atoms with Crippen LogP contribution in [0, 0.1) is 0 Å². The molecule has 0 saturated carbocycles. The first kappa shape index (κ1) is 31.7. The van der Waals surface area contributed by atoms with Gasteiger partial charge in [0.05, 0.1) is 35.9 Å². The highest BCUT2D eigenvalue weighted by Gasteiger charge is 2.44. The van der Waals surface area contributed by atoms with E-state index in [0.29, 0.717) is 18.3 Å². The zero-order chi connectivity index (χ0) is 32.5. The van der Waals surface area contributed by atoms with E-state index in [9.17, 15) is 4.79 Å². The van der Waals surface area contributed by atoms with Crippen LogP contribution in [0.3, 0.4) is 0 Å². The number of nitrogens with zero attached hydrogens (tertiary/aromatic N) is 5. The second-order valence-corrected chi connectivity index (χ2v) is 12.4. The van der Waals surface area contributed by atoms with Gasteiger partial charge >= 0.3 is 0 Å². The summed E-state index contributed by atoms with van der Waals surface area (Å²) in [5.74, 6) is 1.04. The standard InChI is InChI=1S/C36H47N7O3/c1-7-24-10-9-11-25(8-2)32(24)43-33-26(12-14-28-31(35(37)44)23(3)42(22-45-5)34(28)33)21-38-36(43)39-29-15-13-27(20-30(29)46-6)41-18-16-40(4)17-19-41/h9-11,13,15,20-21,23H,7-8,12,14,16-19,22H2,1-6H3,(H2,37,44)(H,38,39). The molecule has 4 aliphatic rings. The number of aryl methyl sites for hydroxylation is 2. The molecule has 1 saturated heterocycles. The van der Waals surface area contributed by atoms with Gasteiger partial charge in [-0.3, -0.25) is 9.69 Å². The SMILES string of the molecule is CCc1cccc(CC)c1N1C(Nc2ccc(N3CCN(C)CC3)cc2OC)=NC=C2CCC3=C(C(N)=O)C(C)N(COC)C3=C21. The van der Waals surface area contributed by atoms with Gasteiger partial charge in [0.2, 0.25) is 11.9 Å². The highest BCUT2D eigenvalue weighted by atomic mass is 16.5. The van der Waals surface area contributed by atoms with E-state index in [1.165, 1.54) is 11.1 Å². The van der Waals surface area contributed by atoms with Gasteiger partial charge in [-0.15, -0.1) is 0 Å². The van der Waals surface area contributed by atoms with Crippen molar-refractivity contribution in [2.75, 3.05) is 69.3 Å². The Morgan fingerprint density at radius 1 is 1.02 bits per heavy atom. The quantitative estimate of drug-likeness (QED) is 0.409. The van der Waals surface area contributed by atoms with Gasteiger partial charge in [-0.1, -0.05) is 32.0 Å². The van der Waals surface area contributed by atoms with Crippen LogP contribution in [0.2, 0.25) is 0 Å². The molecule has 3 heterocycles. The van der Waals surface area contributed by atoms with Gasteiger partial charge in [-0.2, -0.15) is 0 Å². The number of hydrogen-bond donors (Lipinski definition) is 2. The number of carbonyl (C=O) groups is 1. The van der Waals surface area contributed by atoms with Crippen LogP contribution in [0.15, 0.2) is 75.7 Å². The van der Waals surface area contributed by atoms with Crippen LogP contribution < -0.4 is 25.6 Å². The number of guanidine groups is 1. The van der Waals surface area contributed by atoms with Crippen LogP contribution in [0.5, 0.6) is 5.75 Å². The summed E-state index contributed by atoms with van der Waals surface area (Å²) in [5.41, 5.74) is 16.3. The maximum atomic E-state index is 12.9. The fourth-order valence-corrected chi connectivity index (χ4v) is 7.29. The molecule has 46 heavy (non-hydrogen) atoms. The Hall–Kier alpha value is -4.28. The zero-order valence-corrected chi connectivity index (χ0v) is 28.0. The number of primary amides is 1. The molecule has 10 heteroatoms. The van der Waals surface area contributed by atoms with Crippen molar-refractivity contribution in [3.8, 4) is 5.75 Å². The Morgan fingerprint density at radius 3 is 2.37 bits per heavy atom. The topological polar surface area (TPSA) is 98.9 Å². The molecule has 3 aliphatic heterocycles. The van der Waals surface area contributed by atoms with E-state index < -0.39 is 0 Å². The number of piperazine rings is 1. The minimum absolute atomic E-state index is 0.208. The Kier molecular flexibility index (Phi) is 9.11. The molecule has 0 aromatic heterocycles. The first-order valence-electron chi connectivity index (χ1n) is 16.4. The summed E-state index contributed by atoms with van der Waals surface area (Å²) in [7, 11) is 5.57. The molecule has 1 unspecified atom stereocenters. The largest absolute Gasteiger partial charge is 0.494 e. The number of amides is 1. The second-order valence-electron chi connectivity index (χ2n) is 12.4. The van der Waals surface area contributed by atoms with Crippen LogP contribution in [0.4, 0.5) is 17.1 Å². The smallest absolute Gasteiger partial charge is 0.247 e. The van der Waals surface area contributed by atoms with E-state index in [1.54, 1.807) is 14.2 Å². The van der Waals surface area contributed by atoms with Crippen molar-refractivity contribution in [1.29, 1.82) is 0 Å². The Balaban J connectivity index is 1.52. The number of nitrogens with one attached hydrogen (secondary N) is 1. The molecular formula is C36H47N7O3. The molecule has 0 spiro atoms. The van der Waals surface area contributed by atoms with E-state index >= 15 is 0 Å². The van der Waals surface area contributed by atoms with E-state index in [1.807, 2.05) is 13.1 Å². The maximum absolute atomic E-state index is 12.9. The van der Waals surface area contributed by atoms with E-state index in [4.69, 9.17) is 20.2 Å². The zero-order valence-electron chi connectivity index (χ0n) is 28.0. The molecule has 1 atom stereocenters. The summed E-state index contributed by atoms with van der Waals surface area (Å²) >= 11 is 0. The van der Waals surface area contributed by atoms with Gasteiger partial charge in [0.25, 0.3) is 0 Å². The van der Waals surface area contributed by atoms with E-state index in [2.05, 4.69) is 82.2 Å². The molecule has 10 nitrogen and oxygen atoms in total. The molecule has 0 radical (unpaired) electrons. The van der Waals surface area contributed by atoms with E-state index in [-0.39, 0.29) is 11.9 Å². The summed E-state index contributed by atoms with van der Waals surface area (Å²) in [6.45, 7) is 10.8. The number of nitrogens with two attached hydrogens (primary N) is 1. The summed E-state index contributed by atoms with van der Waals surface area (Å²) in [6.07, 6.45) is 5.15. The highest BCUT2D eigenvalue weighted by molar-refractivity contribution is 6.11. The number of carbonyl (C=O) groups excluding carboxylic acids is 1. The average Bonchev–Trinajstić information content (AvgIpc) is 3.36. The average molecular weight is 626 g/mol. The van der Waals surface area contributed by atoms with Crippen LogP contribution in [0.1, 0.15) is 44.7 Å². The Bertz CT molecular complexity index is 1610. The molecule has 6 rings (SSSR count). The number of rotatable bonds is 9. The third-order valence-electron chi connectivity index (χ3n) is 9.76. The third kappa shape index (κ3) is 5.54. The van der Waals surface area contributed by atoms with Crippen molar-refractivity contribution in [2.45, 2.75) is 52.5 Å². The monoisotopic (exact) mass is 625 g/mol. The minimum Gasteiger partial charge on any atom is -0.494 e. The molecule has 2 aromatic rings. The number of aliphatic imine (C=N–C) groups is 1. The van der Waals surface area contributed by atoms with Crippen LogP contribution in [0.25, 0.3) is 0 Å². The summed E-state index contributed by atoms with van der Waals surface area (Å²) in [4.78, 5) is 27.1. The van der Waals surface area contributed by atoms with Gasteiger partial charge in [0.1, 0.15) is 12.5 Å². The number of para-hydroxylation sites is 1. The third-order valence-corrected chi connectivity index (χ3v) is 9.76. The van der Waals surface area contributed by atoms with Gasteiger partial charge in [-0.05, 0) is 74.1 Å². The molecule has 1 amide bonds. The van der Waals surface area contributed by atoms with Crippen LogP contribution >= 0.6 is 0 Å². The highest BCUT2D eigenvalue weighted by Crippen LogP contribution is 2.48. The molecule has 0 bridgehead atoms. The number of likely N-dealkylation sites (N-methyl/N-ethyl adjacent to an activating group) is 1. The molecular weight excluding hydrogens is 578 g/mol. The van der Waals surface area contributed by atoms with Crippen molar-refractivity contribution in [3.63, 3.8) is 0 Å². The van der Waals surface area contributed by atoms with Gasteiger partial charge in [0, 0.05) is 56.8 Å². The van der Waals surface area contributed by atoms with Crippen LogP contribution in [-0.2, 0) is 22.4 Å². The maximum Gasteiger partial charge on any atom is 0.247 e. The number of benzene rings is 2. The molecule has 1 aliphatic carbocycles. The summed E-state index contributed by atoms with van der Waals surface area (Å²) in [6, 6.07) is 12.7. The molecule has 244 valence electrons. The number of methoxy groups -OCH3 is 2. The fourth-order valence-electron chi connectivity index (χ4n) is 7.29. The first-order chi connectivity index (χ1) is 22.3. The lowest BCUT2D eigenvalue weighted by molar-refractivity contribution is -0.115. The fraction of sp³-hybridized carbons (Fsp3) is 0.444. The van der Waals surface area contributed by atoms with Gasteiger partial charge in [-0.25, -0.2) is 4.99 Å². The summed E-state index contributed by atoms with van der Waals surface area (Å²) in [5, 5.41) is 3.68. The number of fused-ring (bicyclic) bond motifs is 2. The van der Waals surface area contributed by atoms with Crippen molar-refractivity contribution in [3.05, 3.63) is 81.8 Å². The number of ether oxygens (including phenoxy) is 2. The minimum atomic E-state index is -0.380. The molecule has 3 N–H and O–H groups in total. The summed E-state index contributed by atoms with van der Waals surface area (Å²) < 4.78 is 11.7. The number of allylic oxidation sites excluding steroid dienone is 2. The lowest BCUT2D eigenvalue weighted by Gasteiger charge is -2.40. The molecule has 1 fully saturated rings. The van der Waals surface area contributed by atoms with Gasteiger partial charge < -0.3 is 35.2 Å². The van der Waals surface area contributed by atoms with Crippen molar-refractivity contribution in [1.82, 2.24) is 9.80 Å². The number of hydrogen-bond acceptors (Lipinski definition) is 9. The second kappa shape index (κ2) is 13.2. The predicted octanol–water partition coefficient (Wildman–Crippen LogP) is 4.84. The normalized spacial score (nSPS) is 20.0. The van der Waals surface area contributed by atoms with Crippen molar-refractivity contribution in [2.24, 2.45) is 10.7 Å². The lowest BCUT2D eigenvalue weighted by atomic mass is 9.88. The van der Waals surface area contributed by atoms with Crippen LogP contribution in [-0.4, -0.2) is 81.9 Å². The Morgan fingerprint density at radius 2 is 1.74 bits per heavy atom. The number of anilines is 3. The van der Waals surface area contributed by atoms with Crippen molar-refractivity contribution >= 4 is 28.9 Å². The lowest BCUT2D eigenvalue weighted by Crippen LogP contribution is -2.44. The molecule has 2 aromatic carbocycles. The van der Waals surface area contributed by atoms with Gasteiger partial charge in [0.15, 0.2) is 0 Å². The van der Waals surface area contributed by atoms with E-state index in [0.717, 1.165) is 97.2 Å². The van der Waals surface area contributed by atoms with Crippen molar-refractivity contribution < 1.29 is 14.3 Å².